The number of fused-ring (bicyclic) bond motifs is 1. The zero-order valence-electron chi connectivity index (χ0n) is 8.90. The topological polar surface area (TPSA) is 54.7 Å². The van der Waals surface area contributed by atoms with Crippen LogP contribution < -0.4 is 5.73 Å². The van der Waals surface area contributed by atoms with E-state index >= 15 is 0 Å². The van der Waals surface area contributed by atoms with E-state index in [0.29, 0.717) is 5.82 Å². The van der Waals surface area contributed by atoms with Crippen molar-refractivity contribution in [2.24, 2.45) is 0 Å². The number of aryl methyl sites for hydroxylation is 1. The molecule has 0 aliphatic heterocycles. The summed E-state index contributed by atoms with van der Waals surface area (Å²) in [7, 11) is 0. The van der Waals surface area contributed by atoms with E-state index in [4.69, 9.17) is 5.73 Å². The van der Waals surface area contributed by atoms with Crippen molar-refractivity contribution in [3.05, 3.63) is 53.2 Å². The number of hydrogen-bond acceptors (Lipinski definition) is 2. The predicted octanol–water partition coefficient (Wildman–Crippen LogP) is 2.37. The van der Waals surface area contributed by atoms with Gasteiger partial charge in [0.05, 0.1) is 5.69 Å². The van der Waals surface area contributed by atoms with Crippen LogP contribution in [0.1, 0.15) is 23.2 Å². The number of aromatic nitrogens is 2. The monoisotopic (exact) mass is 211 g/mol. The Morgan fingerprint density at radius 3 is 2.94 bits per heavy atom. The number of H-pyrrole nitrogens is 1. The van der Waals surface area contributed by atoms with Crippen LogP contribution in [-0.2, 0) is 6.42 Å². The lowest BCUT2D eigenvalue weighted by Crippen LogP contribution is -2.00. The fraction of sp³-hybridized carbons (Fsp3) is 0.154. The predicted molar refractivity (Wildman–Crippen MR) is 64.8 cm³/mol. The third kappa shape index (κ3) is 1.41. The Bertz CT molecular complexity index is 552. The van der Waals surface area contributed by atoms with E-state index in [9.17, 15) is 0 Å². The van der Waals surface area contributed by atoms with Crippen molar-refractivity contribution in [2.45, 2.75) is 12.8 Å². The SMILES string of the molecule is Nc1cc(C2=CCCc3ccccc32)n[nH]1. The molecule has 0 bridgehead atoms. The summed E-state index contributed by atoms with van der Waals surface area (Å²) in [6.07, 6.45) is 4.41. The van der Waals surface area contributed by atoms with Crippen molar-refractivity contribution >= 4 is 11.4 Å². The Hall–Kier alpha value is -2.03. The molecule has 0 unspecified atom stereocenters. The van der Waals surface area contributed by atoms with Crippen LogP contribution in [0.3, 0.4) is 0 Å². The van der Waals surface area contributed by atoms with E-state index < -0.39 is 0 Å². The standard InChI is InChI=1S/C13H13N3/c14-13-8-12(15-16-13)11-7-3-5-9-4-1-2-6-10(9)11/h1-2,4,6-8H,3,5H2,(H3,14,15,16). The highest BCUT2D eigenvalue weighted by Gasteiger charge is 2.15. The third-order valence-corrected chi connectivity index (χ3v) is 2.94. The van der Waals surface area contributed by atoms with Gasteiger partial charge in [-0.05, 0) is 24.0 Å². The first kappa shape index (κ1) is 9.21. The maximum Gasteiger partial charge on any atom is 0.119 e. The molecule has 2 aromatic rings. The zero-order chi connectivity index (χ0) is 11.0. The van der Waals surface area contributed by atoms with Crippen LogP contribution in [0.15, 0.2) is 36.4 Å². The summed E-state index contributed by atoms with van der Waals surface area (Å²) >= 11 is 0. The highest BCUT2D eigenvalue weighted by molar-refractivity contribution is 5.81. The van der Waals surface area contributed by atoms with Crippen molar-refractivity contribution < 1.29 is 0 Å². The van der Waals surface area contributed by atoms with Crippen molar-refractivity contribution in [2.75, 3.05) is 5.73 Å². The highest BCUT2D eigenvalue weighted by Crippen LogP contribution is 2.30. The number of nitrogens with one attached hydrogen (secondary N) is 1. The summed E-state index contributed by atoms with van der Waals surface area (Å²) in [5.74, 6) is 0.610. The molecule has 0 saturated heterocycles. The van der Waals surface area contributed by atoms with E-state index in [1.807, 2.05) is 6.07 Å². The van der Waals surface area contributed by atoms with Gasteiger partial charge in [-0.3, -0.25) is 5.10 Å². The summed E-state index contributed by atoms with van der Waals surface area (Å²) in [4.78, 5) is 0. The van der Waals surface area contributed by atoms with E-state index in [1.165, 1.54) is 16.7 Å². The van der Waals surface area contributed by atoms with Crippen molar-refractivity contribution in [1.29, 1.82) is 0 Å². The minimum Gasteiger partial charge on any atom is -0.384 e. The summed E-state index contributed by atoms with van der Waals surface area (Å²) in [5, 5.41) is 7.00. The quantitative estimate of drug-likeness (QED) is 0.760. The first-order valence-electron chi connectivity index (χ1n) is 5.44. The molecule has 80 valence electrons. The van der Waals surface area contributed by atoms with E-state index in [0.717, 1.165) is 18.5 Å². The van der Waals surface area contributed by atoms with Crippen LogP contribution in [0.5, 0.6) is 0 Å². The molecular weight excluding hydrogens is 198 g/mol. The van der Waals surface area contributed by atoms with Gasteiger partial charge in [0.2, 0.25) is 0 Å². The second kappa shape index (κ2) is 3.52. The van der Waals surface area contributed by atoms with Gasteiger partial charge in [-0.1, -0.05) is 30.3 Å². The molecule has 1 aliphatic rings. The van der Waals surface area contributed by atoms with Crippen LogP contribution >= 0.6 is 0 Å². The van der Waals surface area contributed by atoms with E-state index in [1.54, 1.807) is 0 Å². The highest BCUT2D eigenvalue weighted by atomic mass is 15.2. The first-order chi connectivity index (χ1) is 7.84. The molecule has 1 aromatic heterocycles. The van der Waals surface area contributed by atoms with Crippen LogP contribution in [0.25, 0.3) is 5.57 Å². The molecule has 1 aliphatic carbocycles. The van der Waals surface area contributed by atoms with Gasteiger partial charge >= 0.3 is 0 Å². The Morgan fingerprint density at radius 1 is 1.25 bits per heavy atom. The number of aromatic amines is 1. The lowest BCUT2D eigenvalue weighted by molar-refractivity contribution is 0.971. The number of hydrogen-bond donors (Lipinski definition) is 2. The Balaban J connectivity index is 2.12. The van der Waals surface area contributed by atoms with Crippen LogP contribution in [0.2, 0.25) is 0 Å². The minimum absolute atomic E-state index is 0.610. The molecule has 3 N–H and O–H groups in total. The lowest BCUT2D eigenvalue weighted by atomic mass is 9.89. The molecule has 0 amide bonds. The molecular formula is C13H13N3. The first-order valence-corrected chi connectivity index (χ1v) is 5.44. The number of anilines is 1. The van der Waals surface area contributed by atoms with Gasteiger partial charge in [0, 0.05) is 11.6 Å². The third-order valence-electron chi connectivity index (χ3n) is 2.94. The van der Waals surface area contributed by atoms with Gasteiger partial charge in [0.15, 0.2) is 0 Å². The maximum absolute atomic E-state index is 5.66. The summed E-state index contributed by atoms with van der Waals surface area (Å²) in [6.45, 7) is 0. The second-order valence-electron chi connectivity index (χ2n) is 4.02. The molecule has 3 heteroatoms. The Labute approximate surface area is 94.0 Å². The van der Waals surface area contributed by atoms with Gasteiger partial charge < -0.3 is 5.73 Å². The number of nitrogens with two attached hydrogens (primary N) is 1. The molecule has 1 heterocycles. The van der Waals surface area contributed by atoms with E-state index in [2.05, 4.69) is 40.5 Å². The fourth-order valence-corrected chi connectivity index (χ4v) is 2.20. The molecule has 0 spiro atoms. The number of rotatable bonds is 1. The van der Waals surface area contributed by atoms with E-state index in [-0.39, 0.29) is 0 Å². The largest absolute Gasteiger partial charge is 0.384 e. The zero-order valence-corrected chi connectivity index (χ0v) is 8.90. The molecule has 0 radical (unpaired) electrons. The second-order valence-corrected chi connectivity index (χ2v) is 4.02. The van der Waals surface area contributed by atoms with Crippen molar-refractivity contribution in [3.8, 4) is 0 Å². The molecule has 0 fully saturated rings. The van der Waals surface area contributed by atoms with Crippen molar-refractivity contribution in [3.63, 3.8) is 0 Å². The number of nitrogens with zero attached hydrogens (tertiary/aromatic N) is 1. The number of nitrogen functional groups attached to an aromatic ring is 1. The molecule has 16 heavy (non-hydrogen) atoms. The molecule has 1 aromatic carbocycles. The summed E-state index contributed by atoms with van der Waals surface area (Å²) in [5.41, 5.74) is 10.5. The molecule has 3 nitrogen and oxygen atoms in total. The van der Waals surface area contributed by atoms with Gasteiger partial charge in [-0.15, -0.1) is 0 Å². The van der Waals surface area contributed by atoms with Crippen LogP contribution in [-0.4, -0.2) is 10.2 Å². The van der Waals surface area contributed by atoms with Gasteiger partial charge in [0.25, 0.3) is 0 Å². The smallest absolute Gasteiger partial charge is 0.119 e. The van der Waals surface area contributed by atoms with Gasteiger partial charge in [-0.25, -0.2) is 0 Å². The van der Waals surface area contributed by atoms with Crippen molar-refractivity contribution in [1.82, 2.24) is 10.2 Å². The normalized spacial score (nSPS) is 14.4. The molecule has 0 saturated carbocycles. The number of allylic oxidation sites excluding steroid dienone is 1. The molecule has 3 rings (SSSR count). The average molecular weight is 211 g/mol. The Kier molecular flexibility index (Phi) is 2.03. The molecule has 0 atom stereocenters. The lowest BCUT2D eigenvalue weighted by Gasteiger charge is -2.15. The minimum atomic E-state index is 0.610. The summed E-state index contributed by atoms with van der Waals surface area (Å²) in [6, 6.07) is 10.4. The number of benzene rings is 1. The van der Waals surface area contributed by atoms with Gasteiger partial charge in [-0.2, -0.15) is 5.10 Å². The van der Waals surface area contributed by atoms with Gasteiger partial charge in [0.1, 0.15) is 5.82 Å². The van der Waals surface area contributed by atoms with Crippen LogP contribution in [0.4, 0.5) is 5.82 Å². The average Bonchev–Trinajstić information content (AvgIpc) is 2.75. The maximum atomic E-state index is 5.66. The Morgan fingerprint density at radius 2 is 2.12 bits per heavy atom. The fourth-order valence-electron chi connectivity index (χ4n) is 2.20. The van der Waals surface area contributed by atoms with Crippen LogP contribution in [0, 0.1) is 0 Å². The summed E-state index contributed by atoms with van der Waals surface area (Å²) < 4.78 is 0.